The molecule has 0 spiro atoms. The quantitative estimate of drug-likeness (QED) is 0.692. The lowest BCUT2D eigenvalue weighted by Crippen LogP contribution is -2.52. The lowest BCUT2D eigenvalue weighted by Gasteiger charge is -2.44. The molecule has 2 unspecified atom stereocenters. The molecule has 2 N–H and O–H groups in total. The van der Waals surface area contributed by atoms with Crippen molar-refractivity contribution in [2.75, 3.05) is 26.3 Å². The molecule has 2 saturated heterocycles. The summed E-state index contributed by atoms with van der Waals surface area (Å²) in [5, 5.41) is 23.5. The number of nitrogens with one attached hydrogen (secondary N) is 1. The van der Waals surface area contributed by atoms with Gasteiger partial charge in [0.2, 0.25) is 0 Å². The average molecular weight is 224 g/mol. The number of nitriles is 1. The molecule has 90 valence electrons. The third-order valence-corrected chi connectivity index (χ3v) is 4.00. The molecule has 2 rings (SSSR count). The standard InChI is InChI=1S/C12H20N2O2/c13-9-11(3-2-8-16-10-11)12(15)4-1-6-14-7-5-12/h14-15H,1-8,10H2. The molecule has 0 aliphatic carbocycles. The number of nitrogens with zero attached hydrogens (tertiary/aromatic N) is 1. The summed E-state index contributed by atoms with van der Waals surface area (Å²) in [7, 11) is 0. The highest BCUT2D eigenvalue weighted by molar-refractivity contribution is 5.13. The Hall–Kier alpha value is -0.630. The fourth-order valence-corrected chi connectivity index (χ4v) is 2.88. The Morgan fingerprint density at radius 2 is 2.06 bits per heavy atom. The molecule has 2 fully saturated rings. The second kappa shape index (κ2) is 4.70. The Kier molecular flexibility index (Phi) is 3.48. The van der Waals surface area contributed by atoms with Gasteiger partial charge in [0.15, 0.2) is 0 Å². The molecule has 0 aromatic heterocycles. The third kappa shape index (κ3) is 1.95. The Balaban J connectivity index is 2.20. The van der Waals surface area contributed by atoms with Gasteiger partial charge >= 0.3 is 0 Å². The smallest absolute Gasteiger partial charge is 0.109 e. The maximum atomic E-state index is 10.8. The molecule has 0 bridgehead atoms. The highest BCUT2D eigenvalue weighted by Gasteiger charge is 2.51. The van der Waals surface area contributed by atoms with E-state index >= 15 is 0 Å². The number of rotatable bonds is 1. The van der Waals surface area contributed by atoms with Gasteiger partial charge in [-0.3, -0.25) is 0 Å². The molecule has 2 heterocycles. The van der Waals surface area contributed by atoms with E-state index in [-0.39, 0.29) is 0 Å². The van der Waals surface area contributed by atoms with Crippen LogP contribution in [0.25, 0.3) is 0 Å². The molecular weight excluding hydrogens is 204 g/mol. The van der Waals surface area contributed by atoms with E-state index in [0.29, 0.717) is 19.4 Å². The average Bonchev–Trinajstić information content (AvgIpc) is 2.56. The molecule has 0 amide bonds. The van der Waals surface area contributed by atoms with Crippen molar-refractivity contribution in [2.45, 2.75) is 37.7 Å². The van der Waals surface area contributed by atoms with E-state index in [2.05, 4.69) is 11.4 Å². The van der Waals surface area contributed by atoms with Crippen LogP contribution >= 0.6 is 0 Å². The van der Waals surface area contributed by atoms with E-state index in [1.165, 1.54) is 0 Å². The Labute approximate surface area is 96.6 Å². The van der Waals surface area contributed by atoms with Crippen molar-refractivity contribution >= 4 is 0 Å². The molecule has 0 radical (unpaired) electrons. The van der Waals surface area contributed by atoms with Crippen molar-refractivity contribution in [3.05, 3.63) is 0 Å². The van der Waals surface area contributed by atoms with Gasteiger partial charge in [-0.2, -0.15) is 5.26 Å². The fourth-order valence-electron chi connectivity index (χ4n) is 2.88. The van der Waals surface area contributed by atoms with Gasteiger partial charge in [-0.15, -0.1) is 0 Å². The summed E-state index contributed by atoms with van der Waals surface area (Å²) >= 11 is 0. The van der Waals surface area contributed by atoms with Crippen LogP contribution in [0.1, 0.15) is 32.1 Å². The Morgan fingerprint density at radius 3 is 2.75 bits per heavy atom. The zero-order chi connectivity index (χ0) is 11.5. The summed E-state index contributed by atoms with van der Waals surface area (Å²) in [6, 6.07) is 2.35. The second-order valence-corrected chi connectivity index (χ2v) is 4.99. The predicted octanol–water partition coefficient (Wildman–Crippen LogP) is 0.811. The normalized spacial score (nSPS) is 41.0. The first kappa shape index (κ1) is 11.8. The summed E-state index contributed by atoms with van der Waals surface area (Å²) in [5.41, 5.74) is -1.55. The SMILES string of the molecule is N#CC1(C2(O)CCCNCC2)CCCOC1. The first-order valence-corrected chi connectivity index (χ1v) is 6.15. The number of aliphatic hydroxyl groups is 1. The molecule has 4 nitrogen and oxygen atoms in total. The lowest BCUT2D eigenvalue weighted by molar-refractivity contribution is -0.124. The van der Waals surface area contributed by atoms with Crippen LogP contribution in [0, 0.1) is 16.7 Å². The van der Waals surface area contributed by atoms with E-state index in [1.807, 2.05) is 0 Å². The van der Waals surface area contributed by atoms with Crippen LogP contribution in [-0.2, 0) is 4.74 Å². The summed E-state index contributed by atoms with van der Waals surface area (Å²) in [6.45, 7) is 2.84. The first-order chi connectivity index (χ1) is 7.72. The van der Waals surface area contributed by atoms with Crippen LogP contribution in [0.5, 0.6) is 0 Å². The summed E-state index contributed by atoms with van der Waals surface area (Å²) in [5.74, 6) is 0. The van der Waals surface area contributed by atoms with Gasteiger partial charge in [0, 0.05) is 6.61 Å². The molecule has 2 aliphatic rings. The van der Waals surface area contributed by atoms with Crippen molar-refractivity contribution in [3.63, 3.8) is 0 Å². The number of ether oxygens (including phenoxy) is 1. The van der Waals surface area contributed by atoms with E-state index in [0.717, 1.165) is 39.0 Å². The van der Waals surface area contributed by atoms with Gasteiger partial charge in [-0.1, -0.05) is 0 Å². The van der Waals surface area contributed by atoms with Crippen molar-refractivity contribution in [2.24, 2.45) is 5.41 Å². The van der Waals surface area contributed by atoms with Crippen LogP contribution in [0.15, 0.2) is 0 Å². The van der Waals surface area contributed by atoms with Gasteiger partial charge in [-0.05, 0) is 45.2 Å². The zero-order valence-corrected chi connectivity index (χ0v) is 9.67. The minimum Gasteiger partial charge on any atom is -0.388 e. The topological polar surface area (TPSA) is 65.3 Å². The molecule has 0 aromatic carbocycles. The van der Waals surface area contributed by atoms with Gasteiger partial charge in [-0.25, -0.2) is 0 Å². The van der Waals surface area contributed by atoms with E-state index in [4.69, 9.17) is 4.74 Å². The maximum absolute atomic E-state index is 10.8. The fraction of sp³-hybridized carbons (Fsp3) is 0.917. The lowest BCUT2D eigenvalue weighted by atomic mass is 9.66. The van der Waals surface area contributed by atoms with Crippen molar-refractivity contribution in [1.29, 1.82) is 5.26 Å². The molecule has 0 saturated carbocycles. The molecule has 4 heteroatoms. The van der Waals surface area contributed by atoms with Crippen LogP contribution in [-0.4, -0.2) is 37.0 Å². The van der Waals surface area contributed by atoms with E-state index in [1.54, 1.807) is 0 Å². The highest BCUT2D eigenvalue weighted by Crippen LogP contribution is 2.43. The summed E-state index contributed by atoms with van der Waals surface area (Å²) in [4.78, 5) is 0. The molecule has 2 aliphatic heterocycles. The van der Waals surface area contributed by atoms with Crippen molar-refractivity contribution in [3.8, 4) is 6.07 Å². The highest BCUT2D eigenvalue weighted by atomic mass is 16.5. The molecular formula is C12H20N2O2. The third-order valence-electron chi connectivity index (χ3n) is 4.00. The summed E-state index contributed by atoms with van der Waals surface area (Å²) < 4.78 is 5.43. The second-order valence-electron chi connectivity index (χ2n) is 4.99. The van der Waals surface area contributed by atoms with Gasteiger partial charge in [0.1, 0.15) is 5.41 Å². The van der Waals surface area contributed by atoms with Gasteiger partial charge in [0.05, 0.1) is 18.3 Å². The van der Waals surface area contributed by atoms with Gasteiger partial charge < -0.3 is 15.2 Å². The zero-order valence-electron chi connectivity index (χ0n) is 9.67. The minimum absolute atomic E-state index is 0.389. The van der Waals surface area contributed by atoms with Crippen LogP contribution in [0.4, 0.5) is 0 Å². The first-order valence-electron chi connectivity index (χ1n) is 6.15. The summed E-state index contributed by atoms with van der Waals surface area (Å²) in [6.07, 6.45) is 3.93. The molecule has 2 atom stereocenters. The van der Waals surface area contributed by atoms with Crippen LogP contribution in [0.2, 0.25) is 0 Å². The number of hydrogen-bond acceptors (Lipinski definition) is 4. The Bertz CT molecular complexity index is 271. The van der Waals surface area contributed by atoms with E-state index < -0.39 is 11.0 Å². The van der Waals surface area contributed by atoms with Crippen LogP contribution < -0.4 is 5.32 Å². The maximum Gasteiger partial charge on any atom is 0.109 e. The monoisotopic (exact) mass is 224 g/mol. The number of hydrogen-bond donors (Lipinski definition) is 2. The molecule has 0 aromatic rings. The predicted molar refractivity (Wildman–Crippen MR) is 59.8 cm³/mol. The van der Waals surface area contributed by atoms with Crippen LogP contribution in [0.3, 0.4) is 0 Å². The van der Waals surface area contributed by atoms with Crippen molar-refractivity contribution in [1.82, 2.24) is 5.32 Å². The Morgan fingerprint density at radius 1 is 1.19 bits per heavy atom. The van der Waals surface area contributed by atoms with Crippen molar-refractivity contribution < 1.29 is 9.84 Å². The molecule has 16 heavy (non-hydrogen) atoms. The minimum atomic E-state index is -0.869. The van der Waals surface area contributed by atoms with Gasteiger partial charge in [0.25, 0.3) is 0 Å². The largest absolute Gasteiger partial charge is 0.388 e. The van der Waals surface area contributed by atoms with E-state index in [9.17, 15) is 10.4 Å².